The molecule has 0 aliphatic carbocycles. The van der Waals surface area contributed by atoms with Gasteiger partial charge < -0.3 is 15.0 Å². The average Bonchev–Trinajstić information content (AvgIpc) is 2.56. The zero-order valence-electron chi connectivity index (χ0n) is 13.2. The number of hydrogen-bond acceptors (Lipinski definition) is 4. The maximum atomic E-state index is 12.2. The number of amides is 2. The Morgan fingerprint density at radius 3 is 2.52 bits per heavy atom. The fourth-order valence-corrected chi connectivity index (χ4v) is 2.56. The van der Waals surface area contributed by atoms with Gasteiger partial charge in [0.1, 0.15) is 0 Å². The normalized spacial score (nSPS) is 14.9. The van der Waals surface area contributed by atoms with Crippen molar-refractivity contribution < 1.29 is 14.3 Å². The molecule has 0 bridgehead atoms. The molecule has 1 heterocycles. The van der Waals surface area contributed by atoms with Gasteiger partial charge in [-0.25, -0.2) is 4.79 Å². The van der Waals surface area contributed by atoms with E-state index in [2.05, 4.69) is 11.4 Å². The maximum Gasteiger partial charge on any atom is 0.409 e. The molecule has 1 fully saturated rings. The van der Waals surface area contributed by atoms with Crippen molar-refractivity contribution >= 4 is 12.0 Å². The van der Waals surface area contributed by atoms with Crippen LogP contribution in [0.2, 0.25) is 0 Å². The van der Waals surface area contributed by atoms with E-state index in [1.165, 1.54) is 0 Å². The summed E-state index contributed by atoms with van der Waals surface area (Å²) in [6, 6.07) is 9.19. The first-order valence-electron chi connectivity index (χ1n) is 7.82. The zero-order valence-corrected chi connectivity index (χ0v) is 13.2. The Labute approximate surface area is 136 Å². The summed E-state index contributed by atoms with van der Waals surface area (Å²) in [7, 11) is 0. The molecular weight excluding hydrogens is 294 g/mol. The fourth-order valence-electron chi connectivity index (χ4n) is 2.56. The third kappa shape index (κ3) is 4.71. The Bertz CT molecular complexity index is 584. The minimum Gasteiger partial charge on any atom is -0.450 e. The standard InChI is InChI=1S/C17H21N3O3/c1-2-23-17(22)20-11-8-15(9-12-20)19-16(21)14-5-3-13(4-6-14)7-10-18/h3-6,15H,2,7-9,11-12H2,1H3,(H,19,21). The van der Waals surface area contributed by atoms with Gasteiger partial charge in [-0.2, -0.15) is 5.26 Å². The van der Waals surface area contributed by atoms with Crippen LogP contribution in [0.5, 0.6) is 0 Å². The molecule has 1 aliphatic rings. The minimum absolute atomic E-state index is 0.0620. The van der Waals surface area contributed by atoms with Crippen LogP contribution in [0.1, 0.15) is 35.7 Å². The third-order valence-electron chi connectivity index (χ3n) is 3.86. The van der Waals surface area contributed by atoms with Crippen molar-refractivity contribution in [2.24, 2.45) is 0 Å². The Morgan fingerprint density at radius 1 is 1.30 bits per heavy atom. The van der Waals surface area contributed by atoms with E-state index in [4.69, 9.17) is 10.00 Å². The number of carbonyl (C=O) groups excluding carboxylic acids is 2. The van der Waals surface area contributed by atoms with Crippen LogP contribution in [0.3, 0.4) is 0 Å². The second-order valence-electron chi connectivity index (χ2n) is 5.47. The van der Waals surface area contributed by atoms with Gasteiger partial charge in [0.05, 0.1) is 19.1 Å². The van der Waals surface area contributed by atoms with Crippen LogP contribution in [-0.2, 0) is 11.2 Å². The van der Waals surface area contributed by atoms with Crippen molar-refractivity contribution in [2.45, 2.75) is 32.2 Å². The second-order valence-corrected chi connectivity index (χ2v) is 5.47. The van der Waals surface area contributed by atoms with Crippen LogP contribution in [0.4, 0.5) is 4.79 Å². The van der Waals surface area contributed by atoms with Gasteiger partial charge in [-0.05, 0) is 37.5 Å². The Morgan fingerprint density at radius 2 is 1.96 bits per heavy atom. The van der Waals surface area contributed by atoms with Crippen molar-refractivity contribution in [3.63, 3.8) is 0 Å². The molecule has 0 atom stereocenters. The van der Waals surface area contributed by atoms with E-state index in [9.17, 15) is 9.59 Å². The highest BCUT2D eigenvalue weighted by Crippen LogP contribution is 2.13. The van der Waals surface area contributed by atoms with E-state index in [1.807, 2.05) is 0 Å². The van der Waals surface area contributed by atoms with Crippen molar-refractivity contribution in [2.75, 3.05) is 19.7 Å². The average molecular weight is 315 g/mol. The fraction of sp³-hybridized carbons (Fsp3) is 0.471. The molecule has 0 saturated carbocycles. The highest BCUT2D eigenvalue weighted by Gasteiger charge is 2.24. The van der Waals surface area contributed by atoms with E-state index >= 15 is 0 Å². The molecule has 23 heavy (non-hydrogen) atoms. The quantitative estimate of drug-likeness (QED) is 0.922. The summed E-state index contributed by atoms with van der Waals surface area (Å²) in [4.78, 5) is 25.5. The molecule has 0 spiro atoms. The number of likely N-dealkylation sites (tertiary alicyclic amines) is 1. The van der Waals surface area contributed by atoms with Gasteiger partial charge in [-0.15, -0.1) is 0 Å². The number of nitriles is 1. The molecule has 1 N–H and O–H groups in total. The summed E-state index contributed by atoms with van der Waals surface area (Å²) in [5, 5.41) is 11.6. The van der Waals surface area contributed by atoms with Crippen LogP contribution in [-0.4, -0.2) is 42.6 Å². The number of hydrogen-bond donors (Lipinski definition) is 1. The van der Waals surface area contributed by atoms with Crippen molar-refractivity contribution in [3.8, 4) is 6.07 Å². The molecule has 0 radical (unpaired) electrons. The summed E-state index contributed by atoms with van der Waals surface area (Å²) in [5.74, 6) is -0.122. The smallest absolute Gasteiger partial charge is 0.409 e. The van der Waals surface area contributed by atoms with Crippen molar-refractivity contribution in [1.29, 1.82) is 5.26 Å². The molecule has 1 aromatic carbocycles. The third-order valence-corrected chi connectivity index (χ3v) is 3.86. The van der Waals surface area contributed by atoms with Gasteiger partial charge in [-0.1, -0.05) is 12.1 Å². The summed E-state index contributed by atoms with van der Waals surface area (Å²) in [5.41, 5.74) is 1.48. The molecular formula is C17H21N3O3. The maximum absolute atomic E-state index is 12.2. The Kier molecular flexibility index (Phi) is 5.98. The lowest BCUT2D eigenvalue weighted by atomic mass is 10.0. The van der Waals surface area contributed by atoms with Crippen molar-refractivity contribution in [1.82, 2.24) is 10.2 Å². The summed E-state index contributed by atoms with van der Waals surface area (Å²) < 4.78 is 4.97. The van der Waals surface area contributed by atoms with Crippen LogP contribution >= 0.6 is 0 Å². The first-order chi connectivity index (χ1) is 11.1. The largest absolute Gasteiger partial charge is 0.450 e. The predicted octanol–water partition coefficient (Wildman–Crippen LogP) is 2.10. The van der Waals surface area contributed by atoms with Gasteiger partial charge in [0.2, 0.25) is 0 Å². The van der Waals surface area contributed by atoms with E-state index < -0.39 is 0 Å². The molecule has 6 nitrogen and oxygen atoms in total. The summed E-state index contributed by atoms with van der Waals surface area (Å²) in [6.45, 7) is 3.33. The van der Waals surface area contributed by atoms with E-state index in [-0.39, 0.29) is 18.0 Å². The summed E-state index contributed by atoms with van der Waals surface area (Å²) in [6.07, 6.45) is 1.49. The number of nitrogens with one attached hydrogen (secondary N) is 1. The molecule has 0 unspecified atom stereocenters. The van der Waals surface area contributed by atoms with Gasteiger partial charge in [0.25, 0.3) is 5.91 Å². The lowest BCUT2D eigenvalue weighted by molar-refractivity contribution is 0.0860. The first-order valence-corrected chi connectivity index (χ1v) is 7.82. The predicted molar refractivity (Wildman–Crippen MR) is 84.8 cm³/mol. The van der Waals surface area contributed by atoms with Gasteiger partial charge in [0, 0.05) is 24.7 Å². The molecule has 1 aromatic rings. The molecule has 2 rings (SSSR count). The zero-order chi connectivity index (χ0) is 16.7. The highest BCUT2D eigenvalue weighted by molar-refractivity contribution is 5.94. The molecule has 122 valence electrons. The van der Waals surface area contributed by atoms with E-state index in [0.717, 1.165) is 18.4 Å². The number of nitrogens with zero attached hydrogens (tertiary/aromatic N) is 2. The molecule has 1 aliphatic heterocycles. The van der Waals surface area contributed by atoms with Crippen LogP contribution in [0, 0.1) is 11.3 Å². The monoisotopic (exact) mass is 315 g/mol. The first kappa shape index (κ1) is 16.8. The SMILES string of the molecule is CCOC(=O)N1CCC(NC(=O)c2ccc(CC#N)cc2)CC1. The molecule has 0 aromatic heterocycles. The van der Waals surface area contributed by atoms with Crippen molar-refractivity contribution in [3.05, 3.63) is 35.4 Å². The number of ether oxygens (including phenoxy) is 1. The highest BCUT2D eigenvalue weighted by atomic mass is 16.6. The number of piperidine rings is 1. The molecule has 2 amide bonds. The number of rotatable bonds is 4. The summed E-state index contributed by atoms with van der Waals surface area (Å²) >= 11 is 0. The lowest BCUT2D eigenvalue weighted by Gasteiger charge is -2.31. The lowest BCUT2D eigenvalue weighted by Crippen LogP contribution is -2.46. The van der Waals surface area contributed by atoms with Crippen LogP contribution in [0.15, 0.2) is 24.3 Å². The number of benzene rings is 1. The van der Waals surface area contributed by atoms with Gasteiger partial charge >= 0.3 is 6.09 Å². The number of carbonyl (C=O) groups is 2. The van der Waals surface area contributed by atoms with Crippen LogP contribution in [0.25, 0.3) is 0 Å². The van der Waals surface area contributed by atoms with E-state index in [0.29, 0.717) is 31.7 Å². The topological polar surface area (TPSA) is 82.4 Å². The Hall–Kier alpha value is -2.55. The minimum atomic E-state index is -0.287. The molecule has 1 saturated heterocycles. The van der Waals surface area contributed by atoms with Gasteiger partial charge in [0.15, 0.2) is 0 Å². The molecule has 6 heteroatoms. The van der Waals surface area contributed by atoms with E-state index in [1.54, 1.807) is 36.1 Å². The Balaban J connectivity index is 1.83. The van der Waals surface area contributed by atoms with Crippen LogP contribution < -0.4 is 5.32 Å². The second kappa shape index (κ2) is 8.18. The van der Waals surface area contributed by atoms with Gasteiger partial charge in [-0.3, -0.25) is 4.79 Å².